The zero-order chi connectivity index (χ0) is 18.0. The summed E-state index contributed by atoms with van der Waals surface area (Å²) in [5.41, 5.74) is 2.35. The first-order valence-corrected chi connectivity index (χ1v) is 7.62. The van der Waals surface area contributed by atoms with Crippen LogP contribution in [0.3, 0.4) is 0 Å². The minimum atomic E-state index is -0.460. The fraction of sp³-hybridized carbons (Fsp3) is 0.222. The van der Waals surface area contributed by atoms with Crippen molar-refractivity contribution in [3.63, 3.8) is 0 Å². The molecule has 1 aromatic heterocycles. The van der Waals surface area contributed by atoms with E-state index in [4.69, 9.17) is 13.9 Å². The van der Waals surface area contributed by atoms with Gasteiger partial charge in [-0.05, 0) is 35.9 Å². The quantitative estimate of drug-likeness (QED) is 0.767. The number of fused-ring (bicyclic) bond motifs is 1. The van der Waals surface area contributed by atoms with Crippen LogP contribution in [-0.4, -0.2) is 24.7 Å². The molecule has 0 aliphatic rings. The molecule has 0 aliphatic carbocycles. The molecular formula is C18H18N2O5. The summed E-state index contributed by atoms with van der Waals surface area (Å²) in [6, 6.07) is 10.3. The summed E-state index contributed by atoms with van der Waals surface area (Å²) in [5, 5.41) is 2.84. The molecule has 0 unspecified atom stereocenters. The Bertz CT molecular complexity index is 987. The second kappa shape index (κ2) is 6.72. The van der Waals surface area contributed by atoms with E-state index in [0.29, 0.717) is 34.7 Å². The van der Waals surface area contributed by atoms with Crippen molar-refractivity contribution < 1.29 is 18.7 Å². The number of nitrogens with one attached hydrogen (secondary N) is 1. The molecule has 0 atom stereocenters. The van der Waals surface area contributed by atoms with Gasteiger partial charge in [0.1, 0.15) is 0 Å². The summed E-state index contributed by atoms with van der Waals surface area (Å²) >= 11 is 0. The highest BCUT2D eigenvalue weighted by atomic mass is 16.5. The van der Waals surface area contributed by atoms with Gasteiger partial charge in [0.25, 0.3) is 5.91 Å². The van der Waals surface area contributed by atoms with E-state index in [1.54, 1.807) is 45.5 Å². The van der Waals surface area contributed by atoms with Gasteiger partial charge in [-0.2, -0.15) is 0 Å². The Kier molecular flexibility index (Phi) is 4.47. The van der Waals surface area contributed by atoms with Crippen LogP contribution in [0.1, 0.15) is 15.9 Å². The number of hydrogen-bond donors (Lipinski definition) is 1. The van der Waals surface area contributed by atoms with E-state index in [1.807, 2.05) is 12.1 Å². The SMILES string of the molecule is COc1ccc(CNC(=O)c2ccc3oc(=O)n(C)c3c2)cc1OC. The van der Waals surface area contributed by atoms with Gasteiger partial charge in [-0.25, -0.2) is 4.79 Å². The maximum atomic E-state index is 12.4. The predicted octanol–water partition coefficient (Wildman–Crippen LogP) is 2.08. The van der Waals surface area contributed by atoms with Gasteiger partial charge in [-0.3, -0.25) is 9.36 Å². The minimum Gasteiger partial charge on any atom is -0.493 e. The van der Waals surface area contributed by atoms with Gasteiger partial charge in [0, 0.05) is 19.2 Å². The van der Waals surface area contributed by atoms with Crippen molar-refractivity contribution in [2.75, 3.05) is 14.2 Å². The van der Waals surface area contributed by atoms with Crippen molar-refractivity contribution in [3.8, 4) is 11.5 Å². The van der Waals surface area contributed by atoms with E-state index in [0.717, 1.165) is 5.56 Å². The lowest BCUT2D eigenvalue weighted by Crippen LogP contribution is -2.22. The monoisotopic (exact) mass is 342 g/mol. The summed E-state index contributed by atoms with van der Waals surface area (Å²) in [4.78, 5) is 23.9. The molecule has 7 nitrogen and oxygen atoms in total. The minimum absolute atomic E-state index is 0.245. The molecule has 0 fully saturated rings. The number of aromatic nitrogens is 1. The molecule has 0 radical (unpaired) electrons. The molecule has 1 amide bonds. The van der Waals surface area contributed by atoms with Gasteiger partial charge < -0.3 is 19.2 Å². The van der Waals surface area contributed by atoms with Crippen LogP contribution in [0.15, 0.2) is 45.6 Å². The molecule has 0 spiro atoms. The molecule has 0 aliphatic heterocycles. The van der Waals surface area contributed by atoms with Crippen molar-refractivity contribution in [3.05, 3.63) is 58.1 Å². The van der Waals surface area contributed by atoms with E-state index in [9.17, 15) is 9.59 Å². The van der Waals surface area contributed by atoms with E-state index >= 15 is 0 Å². The van der Waals surface area contributed by atoms with E-state index in [2.05, 4.69) is 5.32 Å². The second-order valence-electron chi connectivity index (χ2n) is 5.48. The molecule has 3 rings (SSSR count). The second-order valence-corrected chi connectivity index (χ2v) is 5.48. The Morgan fingerprint density at radius 1 is 1.12 bits per heavy atom. The molecule has 1 N–H and O–H groups in total. The number of carbonyl (C=O) groups is 1. The summed E-state index contributed by atoms with van der Waals surface area (Å²) < 4.78 is 16.9. The fourth-order valence-corrected chi connectivity index (χ4v) is 2.54. The van der Waals surface area contributed by atoms with Gasteiger partial charge >= 0.3 is 5.76 Å². The number of hydrogen-bond acceptors (Lipinski definition) is 5. The Morgan fingerprint density at radius 2 is 1.88 bits per heavy atom. The third-order valence-electron chi connectivity index (χ3n) is 3.95. The summed E-state index contributed by atoms with van der Waals surface area (Å²) in [7, 11) is 4.72. The Labute approximate surface area is 143 Å². The Morgan fingerprint density at radius 3 is 2.60 bits per heavy atom. The topological polar surface area (TPSA) is 82.7 Å². The van der Waals surface area contributed by atoms with Crippen molar-refractivity contribution in [1.29, 1.82) is 0 Å². The first-order chi connectivity index (χ1) is 12.0. The van der Waals surface area contributed by atoms with Crippen LogP contribution in [0.5, 0.6) is 11.5 Å². The molecule has 1 heterocycles. The Balaban J connectivity index is 1.76. The zero-order valence-corrected chi connectivity index (χ0v) is 14.2. The molecule has 7 heteroatoms. The van der Waals surface area contributed by atoms with Crippen LogP contribution >= 0.6 is 0 Å². The van der Waals surface area contributed by atoms with E-state index < -0.39 is 5.76 Å². The predicted molar refractivity (Wildman–Crippen MR) is 92.2 cm³/mol. The number of amides is 1. The highest BCUT2D eigenvalue weighted by molar-refractivity contribution is 5.97. The van der Waals surface area contributed by atoms with Gasteiger partial charge in [-0.15, -0.1) is 0 Å². The van der Waals surface area contributed by atoms with Crippen molar-refractivity contribution in [2.24, 2.45) is 7.05 Å². The summed E-state index contributed by atoms with van der Waals surface area (Å²) in [6.07, 6.45) is 0. The molecule has 0 saturated carbocycles. The van der Waals surface area contributed by atoms with Gasteiger partial charge in [0.2, 0.25) is 0 Å². The molecule has 2 aromatic carbocycles. The van der Waals surface area contributed by atoms with Crippen LogP contribution in [-0.2, 0) is 13.6 Å². The molecule has 25 heavy (non-hydrogen) atoms. The first kappa shape index (κ1) is 16.6. The van der Waals surface area contributed by atoms with Crippen LogP contribution in [0, 0.1) is 0 Å². The number of nitrogens with zero attached hydrogens (tertiary/aromatic N) is 1. The average molecular weight is 342 g/mol. The maximum Gasteiger partial charge on any atom is 0.419 e. The summed E-state index contributed by atoms with van der Waals surface area (Å²) in [6.45, 7) is 0.335. The van der Waals surface area contributed by atoms with Gasteiger partial charge in [0.05, 0.1) is 19.7 Å². The third kappa shape index (κ3) is 3.21. The van der Waals surface area contributed by atoms with E-state index in [-0.39, 0.29) is 5.91 Å². The number of aryl methyl sites for hydroxylation is 1. The normalized spacial score (nSPS) is 10.7. The van der Waals surface area contributed by atoms with Gasteiger partial charge in [-0.1, -0.05) is 6.07 Å². The van der Waals surface area contributed by atoms with Crippen molar-refractivity contribution in [2.45, 2.75) is 6.54 Å². The molecule has 3 aromatic rings. The summed E-state index contributed by atoms with van der Waals surface area (Å²) in [5.74, 6) is 0.524. The smallest absolute Gasteiger partial charge is 0.419 e. The standard InChI is InChI=1S/C18H18N2O5/c1-20-13-9-12(5-7-14(13)25-18(20)22)17(21)19-10-11-4-6-15(23-2)16(8-11)24-3/h4-9H,10H2,1-3H3,(H,19,21). The maximum absolute atomic E-state index is 12.4. The number of carbonyl (C=O) groups excluding carboxylic acids is 1. The number of benzene rings is 2. The van der Waals surface area contributed by atoms with Crippen molar-refractivity contribution >= 4 is 17.0 Å². The highest BCUT2D eigenvalue weighted by Gasteiger charge is 2.11. The zero-order valence-electron chi connectivity index (χ0n) is 14.2. The number of methoxy groups -OCH3 is 2. The third-order valence-corrected chi connectivity index (χ3v) is 3.95. The van der Waals surface area contributed by atoms with Crippen molar-refractivity contribution in [1.82, 2.24) is 9.88 Å². The average Bonchev–Trinajstić information content (AvgIpc) is 2.93. The first-order valence-electron chi connectivity index (χ1n) is 7.62. The molecule has 0 bridgehead atoms. The molecular weight excluding hydrogens is 324 g/mol. The molecule has 0 saturated heterocycles. The van der Waals surface area contributed by atoms with Crippen LogP contribution < -0.4 is 20.5 Å². The lowest BCUT2D eigenvalue weighted by molar-refractivity contribution is 0.0951. The molecule has 130 valence electrons. The number of rotatable bonds is 5. The fourth-order valence-electron chi connectivity index (χ4n) is 2.54. The largest absolute Gasteiger partial charge is 0.493 e. The Hall–Kier alpha value is -3.22. The number of ether oxygens (including phenoxy) is 2. The van der Waals surface area contributed by atoms with Crippen LogP contribution in [0.25, 0.3) is 11.1 Å². The highest BCUT2D eigenvalue weighted by Crippen LogP contribution is 2.27. The number of oxazole rings is 1. The van der Waals surface area contributed by atoms with Gasteiger partial charge in [0.15, 0.2) is 17.1 Å². The van der Waals surface area contributed by atoms with E-state index in [1.165, 1.54) is 4.57 Å². The van der Waals surface area contributed by atoms with Crippen LogP contribution in [0.4, 0.5) is 0 Å². The lowest BCUT2D eigenvalue weighted by atomic mass is 10.1. The van der Waals surface area contributed by atoms with Crippen LogP contribution in [0.2, 0.25) is 0 Å². The lowest BCUT2D eigenvalue weighted by Gasteiger charge is -2.10.